The van der Waals surface area contributed by atoms with Crippen LogP contribution >= 0.6 is 0 Å². The maximum absolute atomic E-state index is 12.8. The van der Waals surface area contributed by atoms with Gasteiger partial charge in [0.15, 0.2) is 0 Å². The van der Waals surface area contributed by atoms with Gasteiger partial charge < -0.3 is 9.88 Å². The summed E-state index contributed by atoms with van der Waals surface area (Å²) in [5.74, 6) is 2.36. The van der Waals surface area contributed by atoms with Gasteiger partial charge in [-0.25, -0.2) is 0 Å². The summed E-state index contributed by atoms with van der Waals surface area (Å²) in [7, 11) is 0. The molecule has 1 fully saturated rings. The van der Waals surface area contributed by atoms with Crippen molar-refractivity contribution in [2.45, 2.75) is 39.9 Å². The summed E-state index contributed by atoms with van der Waals surface area (Å²) in [6.45, 7) is 8.78. The highest BCUT2D eigenvalue weighted by molar-refractivity contribution is 5.90. The molecule has 3 heterocycles. The summed E-state index contributed by atoms with van der Waals surface area (Å²) in [5, 5.41) is 11.6. The third kappa shape index (κ3) is 4.12. The van der Waals surface area contributed by atoms with Gasteiger partial charge >= 0.3 is 0 Å². The zero-order chi connectivity index (χ0) is 21.4. The topological polar surface area (TPSA) is 63.1 Å². The molecule has 3 aromatic rings. The number of fused-ring (bicyclic) bond motifs is 2. The third-order valence-electron chi connectivity index (χ3n) is 6.82. The first-order valence-electron chi connectivity index (χ1n) is 11.1. The van der Waals surface area contributed by atoms with E-state index in [0.29, 0.717) is 24.2 Å². The first-order chi connectivity index (χ1) is 15.1. The molecule has 2 atom stereocenters. The van der Waals surface area contributed by atoms with Crippen LogP contribution in [-0.2, 0) is 26.1 Å². The molecule has 31 heavy (non-hydrogen) atoms. The van der Waals surface area contributed by atoms with E-state index in [-0.39, 0.29) is 5.91 Å². The van der Waals surface area contributed by atoms with Crippen LogP contribution in [0.25, 0.3) is 0 Å². The number of aryl methyl sites for hydroxylation is 2. The number of likely N-dealkylation sites (tertiary alicyclic amines) is 1. The minimum atomic E-state index is -0.147. The van der Waals surface area contributed by atoms with E-state index in [2.05, 4.69) is 52.5 Å². The van der Waals surface area contributed by atoms with Crippen LogP contribution < -0.4 is 5.32 Å². The maximum Gasteiger partial charge on any atom is 0.289 e. The van der Waals surface area contributed by atoms with E-state index in [1.807, 2.05) is 34.9 Å². The van der Waals surface area contributed by atoms with Crippen molar-refractivity contribution in [3.63, 3.8) is 0 Å². The first-order valence-corrected chi connectivity index (χ1v) is 11.1. The van der Waals surface area contributed by atoms with Gasteiger partial charge in [-0.1, -0.05) is 48.5 Å². The van der Waals surface area contributed by atoms with Gasteiger partial charge in [0, 0.05) is 39.1 Å². The molecule has 0 spiro atoms. The lowest BCUT2D eigenvalue weighted by atomic mass is 9.89. The molecule has 1 N–H and O–H groups in total. The summed E-state index contributed by atoms with van der Waals surface area (Å²) in [6, 6.07) is 16.7. The molecule has 0 unspecified atom stereocenters. The highest BCUT2D eigenvalue weighted by Gasteiger charge is 2.39. The lowest BCUT2D eigenvalue weighted by molar-refractivity contribution is 0.0932. The Balaban J connectivity index is 1.23. The second-order valence-corrected chi connectivity index (χ2v) is 9.06. The van der Waals surface area contributed by atoms with Gasteiger partial charge in [-0.05, 0) is 47.9 Å². The number of benzene rings is 2. The van der Waals surface area contributed by atoms with Crippen molar-refractivity contribution in [2.75, 3.05) is 13.1 Å². The first kappa shape index (κ1) is 19.9. The molecule has 6 heteroatoms. The van der Waals surface area contributed by atoms with Gasteiger partial charge in [0.2, 0.25) is 5.82 Å². The average Bonchev–Trinajstić information content (AvgIpc) is 3.36. The highest BCUT2D eigenvalue weighted by Crippen LogP contribution is 2.33. The molecule has 6 nitrogen and oxygen atoms in total. The standard InChI is InChI=1S/C25H29N5O/c1-17-8-9-20(10-18(17)2)13-29-14-21-11-23-27-28-24(30(23)16-22(21)15-29)25(31)26-12-19-6-4-3-5-7-19/h3-10,21-22H,11-16H2,1-2H3,(H,26,31)/t21-,22+/m1/s1. The summed E-state index contributed by atoms with van der Waals surface area (Å²) in [4.78, 5) is 15.3. The summed E-state index contributed by atoms with van der Waals surface area (Å²) >= 11 is 0. The van der Waals surface area contributed by atoms with E-state index >= 15 is 0 Å². The number of aromatic nitrogens is 3. The Morgan fingerprint density at radius 3 is 2.58 bits per heavy atom. The Morgan fingerprint density at radius 2 is 1.77 bits per heavy atom. The van der Waals surface area contributed by atoms with E-state index in [9.17, 15) is 4.79 Å². The molecule has 5 rings (SSSR count). The maximum atomic E-state index is 12.8. The molecule has 0 aliphatic carbocycles. The smallest absolute Gasteiger partial charge is 0.289 e. The average molecular weight is 416 g/mol. The normalized spacial score (nSPS) is 20.3. The number of hydrogen-bond donors (Lipinski definition) is 1. The Kier molecular flexibility index (Phi) is 5.32. The van der Waals surface area contributed by atoms with Crippen LogP contribution in [0.5, 0.6) is 0 Å². The number of rotatable bonds is 5. The molecule has 1 amide bonds. The lowest BCUT2D eigenvalue weighted by Crippen LogP contribution is -2.32. The van der Waals surface area contributed by atoms with Crippen molar-refractivity contribution in [3.05, 3.63) is 82.4 Å². The second-order valence-electron chi connectivity index (χ2n) is 9.06. The molecular weight excluding hydrogens is 386 g/mol. The number of carbonyl (C=O) groups is 1. The summed E-state index contributed by atoms with van der Waals surface area (Å²) < 4.78 is 2.04. The molecule has 1 aromatic heterocycles. The molecule has 2 aliphatic heterocycles. The van der Waals surface area contributed by atoms with Gasteiger partial charge in [0.1, 0.15) is 5.82 Å². The van der Waals surface area contributed by atoms with Gasteiger partial charge in [-0.3, -0.25) is 9.69 Å². The SMILES string of the molecule is Cc1ccc(CN2C[C@H]3Cc4nnc(C(=O)NCc5ccccc5)n4C[C@@H]3C2)cc1C. The van der Waals surface area contributed by atoms with Crippen LogP contribution in [0.3, 0.4) is 0 Å². The Morgan fingerprint density at radius 1 is 0.968 bits per heavy atom. The van der Waals surface area contributed by atoms with Gasteiger partial charge in [-0.2, -0.15) is 0 Å². The fourth-order valence-electron chi connectivity index (χ4n) is 4.94. The lowest BCUT2D eigenvalue weighted by Gasteiger charge is -2.25. The number of carbonyl (C=O) groups excluding carboxylic acids is 1. The predicted molar refractivity (Wildman–Crippen MR) is 120 cm³/mol. The minimum Gasteiger partial charge on any atom is -0.345 e. The molecule has 2 aliphatic rings. The van der Waals surface area contributed by atoms with Crippen molar-refractivity contribution >= 4 is 5.91 Å². The van der Waals surface area contributed by atoms with Crippen molar-refractivity contribution in [3.8, 4) is 0 Å². The highest BCUT2D eigenvalue weighted by atomic mass is 16.2. The number of amides is 1. The fourth-order valence-corrected chi connectivity index (χ4v) is 4.94. The second kappa shape index (κ2) is 8.27. The fraction of sp³-hybridized carbons (Fsp3) is 0.400. The zero-order valence-electron chi connectivity index (χ0n) is 18.2. The van der Waals surface area contributed by atoms with Crippen LogP contribution in [0, 0.1) is 25.7 Å². The summed E-state index contributed by atoms with van der Waals surface area (Å²) in [6.07, 6.45) is 0.896. The van der Waals surface area contributed by atoms with Gasteiger partial charge in [0.25, 0.3) is 5.91 Å². The van der Waals surface area contributed by atoms with E-state index in [1.165, 1.54) is 16.7 Å². The van der Waals surface area contributed by atoms with E-state index in [0.717, 1.165) is 44.0 Å². The van der Waals surface area contributed by atoms with Crippen LogP contribution in [0.15, 0.2) is 48.5 Å². The largest absolute Gasteiger partial charge is 0.345 e. The summed E-state index contributed by atoms with van der Waals surface area (Å²) in [5.41, 5.74) is 5.15. The molecule has 2 aromatic carbocycles. The van der Waals surface area contributed by atoms with Crippen LogP contribution in [0.1, 0.15) is 38.7 Å². The molecule has 0 saturated carbocycles. The number of hydrogen-bond acceptors (Lipinski definition) is 4. The quantitative estimate of drug-likeness (QED) is 0.695. The van der Waals surface area contributed by atoms with E-state index in [4.69, 9.17) is 0 Å². The van der Waals surface area contributed by atoms with Crippen molar-refractivity contribution in [2.24, 2.45) is 11.8 Å². The molecule has 160 valence electrons. The van der Waals surface area contributed by atoms with Crippen molar-refractivity contribution < 1.29 is 4.79 Å². The third-order valence-corrected chi connectivity index (χ3v) is 6.82. The van der Waals surface area contributed by atoms with Crippen molar-refractivity contribution in [1.82, 2.24) is 25.0 Å². The zero-order valence-corrected chi connectivity index (χ0v) is 18.2. The molecule has 0 bridgehead atoms. The Bertz CT molecular complexity index is 1090. The predicted octanol–water partition coefficient (Wildman–Crippen LogP) is 3.13. The van der Waals surface area contributed by atoms with E-state index in [1.54, 1.807) is 0 Å². The molecular formula is C25H29N5O. The monoisotopic (exact) mass is 415 g/mol. The van der Waals surface area contributed by atoms with Crippen LogP contribution in [-0.4, -0.2) is 38.7 Å². The minimum absolute atomic E-state index is 0.147. The Labute approximate surface area is 183 Å². The number of nitrogens with one attached hydrogen (secondary N) is 1. The van der Waals surface area contributed by atoms with Gasteiger partial charge in [0.05, 0.1) is 0 Å². The molecule has 1 saturated heterocycles. The number of nitrogens with zero attached hydrogens (tertiary/aromatic N) is 4. The van der Waals surface area contributed by atoms with Gasteiger partial charge in [-0.15, -0.1) is 10.2 Å². The van der Waals surface area contributed by atoms with Crippen LogP contribution in [0.2, 0.25) is 0 Å². The van der Waals surface area contributed by atoms with Crippen molar-refractivity contribution in [1.29, 1.82) is 0 Å². The Hall–Kier alpha value is -2.99. The van der Waals surface area contributed by atoms with E-state index < -0.39 is 0 Å². The van der Waals surface area contributed by atoms with Crippen LogP contribution in [0.4, 0.5) is 0 Å². The molecule has 0 radical (unpaired) electrons.